The van der Waals surface area contributed by atoms with E-state index in [4.69, 9.17) is 21.1 Å². The van der Waals surface area contributed by atoms with Crippen LogP contribution in [0.5, 0.6) is 5.75 Å². The fourth-order valence-electron chi connectivity index (χ4n) is 4.85. The number of nitrogens with zero attached hydrogens (tertiary/aromatic N) is 1. The van der Waals surface area contributed by atoms with Crippen molar-refractivity contribution in [3.63, 3.8) is 0 Å². The van der Waals surface area contributed by atoms with Crippen molar-refractivity contribution in [2.24, 2.45) is 0 Å². The van der Waals surface area contributed by atoms with E-state index in [1.807, 2.05) is 24.5 Å². The maximum Gasteiger partial charge on any atom is 0.127 e. The van der Waals surface area contributed by atoms with Gasteiger partial charge in [-0.2, -0.15) is 0 Å². The molecule has 0 amide bonds. The Balaban J connectivity index is 1.35. The molecule has 0 radical (unpaired) electrons. The third-order valence-corrected chi connectivity index (χ3v) is 7.76. The summed E-state index contributed by atoms with van der Waals surface area (Å²) >= 11 is 6.62. The van der Waals surface area contributed by atoms with Gasteiger partial charge in [0.05, 0.1) is 18.3 Å². The minimum Gasteiger partial charge on any atom is -0.490 e. The summed E-state index contributed by atoms with van der Waals surface area (Å²) in [6.07, 6.45) is 13.5. The topological polar surface area (TPSA) is 31.4 Å². The van der Waals surface area contributed by atoms with Gasteiger partial charge >= 0.3 is 0 Å². The molecule has 2 fully saturated rings. The first-order valence-corrected chi connectivity index (χ1v) is 13.6. The molecule has 3 nitrogen and oxygen atoms in total. The number of aromatic nitrogens is 1. The Labute approximate surface area is 214 Å². The molecule has 0 N–H and O–H groups in total. The molecule has 2 saturated carbocycles. The molecule has 0 unspecified atom stereocenters. The minimum atomic E-state index is -0.317. The number of ether oxygens (including phenoxy) is 2. The molecule has 1 heterocycles. The summed E-state index contributed by atoms with van der Waals surface area (Å²) in [4.78, 5) is 4.48. The molecule has 0 saturated heterocycles. The summed E-state index contributed by atoms with van der Waals surface area (Å²) in [7, 11) is 0. The fraction of sp³-hybridized carbons (Fsp3) is 0.452. The standard InChI is InChI=1S/C31H36ClNO2/c1-3-4-5-8-22(2)23-11-14-29(32)24(19-23)21-34-31(16-17-31)28-20-33-18-15-26(28)27-9-6-7-10-30(27)35-25-12-13-25/h6-7,9-11,14-15,18-20,22,25H,3-5,8,12-13,16-17,21H2,1-2H3/t22-/m0/s1. The molecule has 1 aromatic heterocycles. The van der Waals surface area contributed by atoms with Gasteiger partial charge in [-0.3, -0.25) is 4.98 Å². The average molecular weight is 490 g/mol. The van der Waals surface area contributed by atoms with E-state index in [1.165, 1.54) is 31.2 Å². The summed E-state index contributed by atoms with van der Waals surface area (Å²) < 4.78 is 12.9. The lowest BCUT2D eigenvalue weighted by molar-refractivity contribution is 0.0173. The van der Waals surface area contributed by atoms with E-state index in [-0.39, 0.29) is 5.60 Å². The van der Waals surface area contributed by atoms with Gasteiger partial charge in [0.15, 0.2) is 0 Å². The van der Waals surface area contributed by atoms with Crippen LogP contribution in [0.25, 0.3) is 11.1 Å². The first-order valence-electron chi connectivity index (χ1n) is 13.2. The van der Waals surface area contributed by atoms with Crippen molar-refractivity contribution in [3.8, 4) is 16.9 Å². The minimum absolute atomic E-state index is 0.317. The van der Waals surface area contributed by atoms with Gasteiger partial charge in [0.2, 0.25) is 0 Å². The van der Waals surface area contributed by atoms with Crippen LogP contribution in [-0.2, 0) is 16.9 Å². The van der Waals surface area contributed by atoms with Crippen LogP contribution >= 0.6 is 11.6 Å². The number of unbranched alkanes of at least 4 members (excludes halogenated alkanes) is 2. The Morgan fingerprint density at radius 2 is 1.89 bits per heavy atom. The van der Waals surface area contributed by atoms with Crippen LogP contribution < -0.4 is 4.74 Å². The van der Waals surface area contributed by atoms with Crippen LogP contribution in [0.3, 0.4) is 0 Å². The average Bonchev–Trinajstić information content (AvgIpc) is 3.81. The highest BCUT2D eigenvalue weighted by Crippen LogP contribution is 2.53. The van der Waals surface area contributed by atoms with E-state index in [2.05, 4.69) is 55.2 Å². The quantitative estimate of drug-likeness (QED) is 0.238. The highest BCUT2D eigenvalue weighted by atomic mass is 35.5. The van der Waals surface area contributed by atoms with Gasteiger partial charge in [-0.15, -0.1) is 0 Å². The zero-order valence-electron chi connectivity index (χ0n) is 20.9. The van der Waals surface area contributed by atoms with Gasteiger partial charge in [0, 0.05) is 28.5 Å². The number of halogens is 1. The van der Waals surface area contributed by atoms with E-state index >= 15 is 0 Å². The second-order valence-corrected chi connectivity index (χ2v) is 10.7. The van der Waals surface area contributed by atoms with Crippen LogP contribution in [-0.4, -0.2) is 11.1 Å². The maximum absolute atomic E-state index is 6.66. The highest BCUT2D eigenvalue weighted by molar-refractivity contribution is 6.31. The molecule has 35 heavy (non-hydrogen) atoms. The van der Waals surface area contributed by atoms with Crippen LogP contribution in [0.2, 0.25) is 5.02 Å². The van der Waals surface area contributed by atoms with Gasteiger partial charge in [-0.1, -0.05) is 75.0 Å². The molecule has 3 aromatic rings. The lowest BCUT2D eigenvalue weighted by atomic mass is 9.94. The number of rotatable bonds is 12. The van der Waals surface area contributed by atoms with E-state index < -0.39 is 0 Å². The van der Waals surface area contributed by atoms with Crippen molar-refractivity contribution in [1.29, 1.82) is 0 Å². The summed E-state index contributed by atoms with van der Waals surface area (Å²) in [6.45, 7) is 5.07. The number of benzene rings is 2. The summed E-state index contributed by atoms with van der Waals surface area (Å²) in [6, 6.07) is 16.9. The number of para-hydroxylation sites is 1. The third-order valence-electron chi connectivity index (χ3n) is 7.39. The van der Waals surface area contributed by atoms with Crippen molar-refractivity contribution in [3.05, 3.63) is 82.6 Å². The molecule has 2 aliphatic rings. The first-order chi connectivity index (χ1) is 17.1. The van der Waals surface area contributed by atoms with Gasteiger partial charge in [0.1, 0.15) is 5.75 Å². The normalized spacial score (nSPS) is 17.2. The van der Waals surface area contributed by atoms with E-state index in [0.29, 0.717) is 18.6 Å². The number of hydrogen-bond donors (Lipinski definition) is 0. The molecule has 0 aliphatic heterocycles. The smallest absolute Gasteiger partial charge is 0.127 e. The zero-order chi connectivity index (χ0) is 24.3. The Morgan fingerprint density at radius 3 is 2.66 bits per heavy atom. The molecular formula is C31H36ClNO2. The molecular weight excluding hydrogens is 454 g/mol. The first kappa shape index (κ1) is 24.3. The van der Waals surface area contributed by atoms with Crippen molar-refractivity contribution >= 4 is 11.6 Å². The molecule has 2 aliphatic carbocycles. The SMILES string of the molecule is CCCCC[C@H](C)c1ccc(Cl)c(COC2(c3cnccc3-c3ccccc3OC3CC3)CC2)c1. The van der Waals surface area contributed by atoms with Crippen LogP contribution in [0.15, 0.2) is 60.9 Å². The van der Waals surface area contributed by atoms with Gasteiger partial charge in [-0.25, -0.2) is 0 Å². The van der Waals surface area contributed by atoms with E-state index in [9.17, 15) is 0 Å². The van der Waals surface area contributed by atoms with Crippen molar-refractivity contribution < 1.29 is 9.47 Å². The summed E-state index contributed by atoms with van der Waals surface area (Å²) in [5.41, 5.74) is 5.52. The Morgan fingerprint density at radius 1 is 1.06 bits per heavy atom. The largest absolute Gasteiger partial charge is 0.490 e. The molecule has 4 heteroatoms. The molecule has 0 bridgehead atoms. The Kier molecular flexibility index (Phi) is 7.45. The van der Waals surface area contributed by atoms with Gasteiger partial charge in [-0.05, 0) is 72.9 Å². The van der Waals surface area contributed by atoms with E-state index in [0.717, 1.165) is 58.7 Å². The van der Waals surface area contributed by atoms with Crippen LogP contribution in [0.4, 0.5) is 0 Å². The second-order valence-electron chi connectivity index (χ2n) is 10.3. The van der Waals surface area contributed by atoms with Crippen molar-refractivity contribution in [2.45, 2.75) is 89.4 Å². The van der Waals surface area contributed by atoms with Crippen molar-refractivity contribution in [2.75, 3.05) is 0 Å². The number of pyridine rings is 1. The van der Waals surface area contributed by atoms with Crippen LogP contribution in [0, 0.1) is 0 Å². The predicted octanol–water partition coefficient (Wildman–Crippen LogP) is 8.83. The summed E-state index contributed by atoms with van der Waals surface area (Å²) in [5.74, 6) is 1.48. The molecule has 5 rings (SSSR count). The zero-order valence-corrected chi connectivity index (χ0v) is 21.7. The monoisotopic (exact) mass is 489 g/mol. The predicted molar refractivity (Wildman–Crippen MR) is 143 cm³/mol. The molecule has 2 aromatic carbocycles. The molecule has 0 spiro atoms. The second kappa shape index (κ2) is 10.7. The van der Waals surface area contributed by atoms with Crippen LogP contribution in [0.1, 0.15) is 87.8 Å². The highest BCUT2D eigenvalue weighted by Gasteiger charge is 2.47. The Hall–Kier alpha value is -2.36. The molecule has 184 valence electrons. The van der Waals surface area contributed by atoms with Crippen molar-refractivity contribution in [1.82, 2.24) is 4.98 Å². The van der Waals surface area contributed by atoms with Gasteiger partial charge < -0.3 is 9.47 Å². The third kappa shape index (κ3) is 5.73. The fourth-order valence-corrected chi connectivity index (χ4v) is 5.02. The lowest BCUT2D eigenvalue weighted by Gasteiger charge is -2.22. The number of hydrogen-bond acceptors (Lipinski definition) is 3. The lowest BCUT2D eigenvalue weighted by Crippen LogP contribution is -2.14. The molecule has 1 atom stereocenters. The van der Waals surface area contributed by atoms with E-state index in [1.54, 1.807) is 0 Å². The maximum atomic E-state index is 6.66. The summed E-state index contributed by atoms with van der Waals surface area (Å²) in [5, 5.41) is 0.778. The Bertz CT molecular complexity index is 1150. The van der Waals surface area contributed by atoms with Gasteiger partial charge in [0.25, 0.3) is 0 Å².